The summed E-state index contributed by atoms with van der Waals surface area (Å²) in [6, 6.07) is 0. The van der Waals surface area contributed by atoms with Crippen molar-refractivity contribution in [1.29, 1.82) is 0 Å². The van der Waals surface area contributed by atoms with Crippen molar-refractivity contribution >= 4 is 49.3 Å². The predicted octanol–water partition coefficient (Wildman–Crippen LogP) is 1.07. The third kappa shape index (κ3) is 3.46. The molecule has 25 heavy (non-hydrogen) atoms. The van der Waals surface area contributed by atoms with Gasteiger partial charge in [-0.3, -0.25) is 0 Å². The number of carboxylic acids is 1. The Balaban J connectivity index is 1.90. The average Bonchev–Trinajstić information content (AvgIpc) is 2.72. The zero-order valence-corrected chi connectivity index (χ0v) is 14.5. The van der Waals surface area contributed by atoms with Gasteiger partial charge in [-0.05, 0) is 0 Å². The zero-order valence-electron chi connectivity index (χ0n) is 14.5. The number of carboxylic acid groups (broad SMARTS) is 1. The molecule has 1 aromatic rings. The van der Waals surface area contributed by atoms with Gasteiger partial charge in [0, 0.05) is 0 Å². The van der Waals surface area contributed by atoms with Crippen molar-refractivity contribution in [3.8, 4) is 0 Å². The van der Waals surface area contributed by atoms with Crippen LogP contribution >= 0.6 is 0 Å². The van der Waals surface area contributed by atoms with Gasteiger partial charge in [0.2, 0.25) is 0 Å². The summed E-state index contributed by atoms with van der Waals surface area (Å²) in [5.74, 6) is -1.60. The Morgan fingerprint density at radius 1 is 1.16 bits per heavy atom. The number of amides is 2. The summed E-state index contributed by atoms with van der Waals surface area (Å²) in [5.41, 5.74) is 1.94. The van der Waals surface area contributed by atoms with E-state index in [1.54, 1.807) is 25.7 Å². The van der Waals surface area contributed by atoms with E-state index in [0.717, 1.165) is 49.6 Å². The standard InChI is InChI=1S/C16H21B3N2O4/c1-21-13-12(16(14(21)25)7-5-3-2-4-6-8-16)18-19-15(17-13)20-10(22)9-11(23)24/h2-9H2,1H3,(H,20,22)(H,23,24). The van der Waals surface area contributed by atoms with Crippen molar-refractivity contribution in [2.75, 3.05) is 17.3 Å². The number of likely N-dealkylation sites (N-methyl/N-ethyl adjacent to an activating group) is 1. The van der Waals surface area contributed by atoms with Gasteiger partial charge in [0.15, 0.2) is 0 Å². The van der Waals surface area contributed by atoms with Gasteiger partial charge in [0.05, 0.1) is 0 Å². The maximum atomic E-state index is 13.0. The van der Waals surface area contributed by atoms with E-state index in [4.69, 9.17) is 5.11 Å². The molecule has 2 aliphatic rings. The molecular formula is C16H21B3N2O4. The van der Waals surface area contributed by atoms with E-state index < -0.39 is 23.7 Å². The van der Waals surface area contributed by atoms with Crippen molar-refractivity contribution in [2.24, 2.45) is 0 Å². The Morgan fingerprint density at radius 2 is 1.80 bits per heavy atom. The SMILES string of the molecule is CN1C(=O)C2(CCCCCCC2)c2bbc(NC(=O)CC(=O)O)bc21. The second-order valence-corrected chi connectivity index (χ2v) is 7.06. The van der Waals surface area contributed by atoms with Crippen LogP contribution in [0.25, 0.3) is 0 Å². The van der Waals surface area contributed by atoms with Crippen LogP contribution in [0.15, 0.2) is 0 Å². The summed E-state index contributed by atoms with van der Waals surface area (Å²) >= 11 is 0. The molecule has 1 saturated carbocycles. The van der Waals surface area contributed by atoms with Gasteiger partial charge in [-0.2, -0.15) is 0 Å². The summed E-state index contributed by atoms with van der Waals surface area (Å²) in [6.07, 6.45) is 6.83. The van der Waals surface area contributed by atoms with Gasteiger partial charge in [-0.15, -0.1) is 0 Å². The van der Waals surface area contributed by atoms with Crippen molar-refractivity contribution < 1.29 is 19.5 Å². The van der Waals surface area contributed by atoms with Gasteiger partial charge in [-0.1, -0.05) is 0 Å². The van der Waals surface area contributed by atoms with E-state index in [1.807, 2.05) is 6.80 Å². The van der Waals surface area contributed by atoms with Crippen LogP contribution in [-0.2, 0) is 19.8 Å². The van der Waals surface area contributed by atoms with E-state index in [9.17, 15) is 14.4 Å². The number of rotatable bonds is 3. The maximum absolute atomic E-state index is 13.0. The quantitative estimate of drug-likeness (QED) is 0.808. The Hall–Kier alpha value is -1.79. The molecule has 0 unspecified atom stereocenters. The molecule has 6 nitrogen and oxygen atoms in total. The molecule has 2 amide bonds. The first kappa shape index (κ1) is 18.0. The van der Waals surface area contributed by atoms with Crippen LogP contribution in [0, 0.1) is 0 Å². The fourth-order valence-corrected chi connectivity index (χ4v) is 4.17. The number of nitrogens with zero attached hydrogens (tertiary/aromatic N) is 1. The van der Waals surface area contributed by atoms with Gasteiger partial charge in [0.25, 0.3) is 0 Å². The van der Waals surface area contributed by atoms with Crippen LogP contribution < -0.4 is 10.2 Å². The van der Waals surface area contributed by atoms with Crippen LogP contribution in [0.3, 0.4) is 0 Å². The number of hydrogen-bond donors (Lipinski definition) is 2. The third-order valence-electron chi connectivity index (χ3n) is 5.39. The van der Waals surface area contributed by atoms with Crippen molar-refractivity contribution in [3.05, 3.63) is 5.46 Å². The minimum absolute atomic E-state index is 0.137. The van der Waals surface area contributed by atoms with Crippen LogP contribution in [0.4, 0.5) is 11.1 Å². The number of fused-ring (bicyclic) bond motifs is 2. The molecule has 1 spiro atoms. The van der Waals surface area contributed by atoms with Crippen molar-refractivity contribution in [3.63, 3.8) is 0 Å². The monoisotopic (exact) mass is 338 g/mol. The topological polar surface area (TPSA) is 86.7 Å². The zero-order chi connectivity index (χ0) is 18.0. The molecule has 9 heteroatoms. The van der Waals surface area contributed by atoms with Gasteiger partial charge in [0.1, 0.15) is 0 Å². The predicted molar refractivity (Wildman–Crippen MR) is 98.8 cm³/mol. The Bertz CT molecular complexity index is 717. The summed E-state index contributed by atoms with van der Waals surface area (Å²) in [6.45, 7) is 5.47. The van der Waals surface area contributed by atoms with Gasteiger partial charge in [-0.25, -0.2) is 0 Å². The molecule has 1 aliphatic heterocycles. The number of hydrogen-bond acceptors (Lipinski definition) is 3. The van der Waals surface area contributed by atoms with Crippen LogP contribution in [0.1, 0.15) is 56.8 Å². The Morgan fingerprint density at radius 3 is 2.44 bits per heavy atom. The molecule has 2 N–H and O–H groups in total. The molecule has 1 aliphatic carbocycles. The van der Waals surface area contributed by atoms with Crippen LogP contribution in [-0.4, -0.2) is 50.4 Å². The average molecular weight is 338 g/mol. The molecular weight excluding hydrogens is 317 g/mol. The molecule has 0 bridgehead atoms. The first-order valence-electron chi connectivity index (χ1n) is 8.88. The normalized spacial score (nSPS) is 18.8. The van der Waals surface area contributed by atoms with Gasteiger partial charge >= 0.3 is 148 Å². The number of anilines is 2. The fraction of sp³-hybridized carbons (Fsp3) is 0.625. The second-order valence-electron chi connectivity index (χ2n) is 7.06. The molecule has 1 aromatic heterocycles. The van der Waals surface area contributed by atoms with E-state index in [2.05, 4.69) is 5.32 Å². The number of aliphatic carboxylic acids is 1. The number of carbonyl (C=O) groups excluding carboxylic acids is 2. The van der Waals surface area contributed by atoms with Crippen LogP contribution in [0.2, 0.25) is 0 Å². The van der Waals surface area contributed by atoms with Gasteiger partial charge < -0.3 is 0 Å². The first-order chi connectivity index (χ1) is 11.9. The molecule has 128 valence electrons. The summed E-state index contributed by atoms with van der Waals surface area (Å²) in [7, 11) is 1.78. The summed E-state index contributed by atoms with van der Waals surface area (Å²) in [4.78, 5) is 37.0. The third-order valence-corrected chi connectivity index (χ3v) is 5.39. The molecule has 0 atom stereocenters. The Labute approximate surface area is 149 Å². The van der Waals surface area contributed by atoms with E-state index in [-0.39, 0.29) is 5.91 Å². The summed E-state index contributed by atoms with van der Waals surface area (Å²) < 4.78 is 0. The molecule has 3 rings (SSSR count). The van der Waals surface area contributed by atoms with E-state index in [0.29, 0.717) is 5.48 Å². The van der Waals surface area contributed by atoms with E-state index >= 15 is 0 Å². The summed E-state index contributed by atoms with van der Waals surface area (Å²) in [5, 5.41) is 11.3. The number of nitrogens with one attached hydrogen (secondary N) is 1. The fourth-order valence-electron chi connectivity index (χ4n) is 4.17. The molecule has 0 saturated heterocycles. The molecule has 0 aromatic carbocycles. The molecule has 1 fully saturated rings. The van der Waals surface area contributed by atoms with E-state index in [1.165, 1.54) is 6.42 Å². The second kappa shape index (κ2) is 7.22. The number of carbonyl (C=O) groups is 3. The van der Waals surface area contributed by atoms with Crippen molar-refractivity contribution in [1.82, 2.24) is 0 Å². The Kier molecular flexibility index (Phi) is 5.20. The van der Waals surface area contributed by atoms with Crippen molar-refractivity contribution in [2.45, 2.75) is 56.8 Å². The first-order valence-corrected chi connectivity index (χ1v) is 8.88. The minimum atomic E-state index is -1.17. The molecule has 2 heterocycles. The van der Waals surface area contributed by atoms with Crippen LogP contribution in [0.5, 0.6) is 0 Å². The molecule has 0 radical (unpaired) electrons.